The van der Waals surface area contributed by atoms with E-state index in [2.05, 4.69) is 36.2 Å². The molecule has 1 aromatic carbocycles. The molecule has 17 nitrogen and oxygen atoms in total. The van der Waals surface area contributed by atoms with Crippen LogP contribution in [-0.2, 0) is 41.7 Å². The molecule has 0 spiro atoms. The molecule has 0 saturated heterocycles. The number of hydrogen-bond donors (Lipinski definition) is 9. The maximum atomic E-state index is 14.6. The van der Waals surface area contributed by atoms with Gasteiger partial charge in [-0.15, -0.1) is 0 Å². The van der Waals surface area contributed by atoms with Gasteiger partial charge in [0.05, 0.1) is 18.9 Å². The van der Waals surface area contributed by atoms with Crippen LogP contribution < -0.4 is 32.7 Å². The molecule has 0 aliphatic rings. The van der Waals surface area contributed by atoms with Gasteiger partial charge >= 0.3 is 5.97 Å². The van der Waals surface area contributed by atoms with Crippen molar-refractivity contribution in [3.8, 4) is 0 Å². The molecule has 18 heteroatoms. The van der Waals surface area contributed by atoms with Crippen molar-refractivity contribution in [1.82, 2.24) is 41.1 Å². The van der Waals surface area contributed by atoms with Crippen LogP contribution in [0.4, 0.5) is 0 Å². The van der Waals surface area contributed by atoms with Crippen molar-refractivity contribution in [3.63, 3.8) is 0 Å². The normalized spacial score (nSPS) is 14.1. The molecular formula is C36H54N10O7S. The Labute approximate surface area is 318 Å². The smallest absolute Gasteiger partial charge is 0.325 e. The van der Waals surface area contributed by atoms with Gasteiger partial charge in [0, 0.05) is 42.0 Å². The van der Waals surface area contributed by atoms with Crippen molar-refractivity contribution in [2.45, 2.75) is 89.6 Å². The van der Waals surface area contributed by atoms with Gasteiger partial charge in [0.15, 0.2) is 0 Å². The lowest BCUT2D eigenvalue weighted by Crippen LogP contribution is -2.59. The van der Waals surface area contributed by atoms with Crippen LogP contribution in [0.2, 0.25) is 0 Å². The average molecular weight is 771 g/mol. The van der Waals surface area contributed by atoms with Crippen LogP contribution in [0, 0.1) is 5.92 Å². The van der Waals surface area contributed by atoms with Gasteiger partial charge < -0.3 is 52.7 Å². The van der Waals surface area contributed by atoms with Gasteiger partial charge in [-0.1, -0.05) is 32.0 Å². The zero-order valence-corrected chi connectivity index (χ0v) is 32.0. The third-order valence-electron chi connectivity index (χ3n) is 8.82. The number of aromatic nitrogens is 3. The lowest BCUT2D eigenvalue weighted by Gasteiger charge is -2.30. The summed E-state index contributed by atoms with van der Waals surface area (Å²) in [6.07, 6.45) is 8.18. The molecule has 0 fully saturated rings. The summed E-state index contributed by atoms with van der Waals surface area (Å²) in [6, 6.07) is 2.06. The Kier molecular flexibility index (Phi) is 17.5. The van der Waals surface area contributed by atoms with Gasteiger partial charge in [0.1, 0.15) is 24.2 Å². The summed E-state index contributed by atoms with van der Waals surface area (Å²) in [4.78, 5) is 91.1. The van der Waals surface area contributed by atoms with E-state index in [9.17, 15) is 33.9 Å². The predicted molar refractivity (Wildman–Crippen MR) is 206 cm³/mol. The number of benzene rings is 1. The summed E-state index contributed by atoms with van der Waals surface area (Å²) in [5.41, 5.74) is 13.7. The topological polar surface area (TPSA) is 271 Å². The molecule has 5 amide bonds. The predicted octanol–water partition coefficient (Wildman–Crippen LogP) is 0.371. The fourth-order valence-electron chi connectivity index (χ4n) is 5.70. The molecule has 0 unspecified atom stereocenters. The highest BCUT2D eigenvalue weighted by atomic mass is 32.2. The first kappa shape index (κ1) is 43.5. The highest BCUT2D eigenvalue weighted by molar-refractivity contribution is 7.98. The third kappa shape index (κ3) is 13.2. The number of aliphatic carboxylic acids is 1. The molecule has 296 valence electrons. The van der Waals surface area contributed by atoms with E-state index in [4.69, 9.17) is 11.5 Å². The SMILES string of the molecule is CSCC[C@H](N)C(=O)N[C@H](C(=O)N[C@@H](Cc1cnc[nH]1)C(=O)N(CC(=O)N[C@@H](CCCCN)C(=O)N[C@@H](C)C(=O)O)Cc1c[nH]c2ccccc12)C(C)C. The molecule has 0 radical (unpaired) electrons. The summed E-state index contributed by atoms with van der Waals surface area (Å²) in [5, 5.41) is 20.8. The number of imidazole rings is 1. The number of hydrogen-bond acceptors (Lipinski definition) is 10. The van der Waals surface area contributed by atoms with Gasteiger partial charge in [-0.2, -0.15) is 11.8 Å². The molecule has 3 aromatic rings. The number of carbonyl (C=O) groups is 6. The molecule has 2 heterocycles. The van der Waals surface area contributed by atoms with E-state index >= 15 is 0 Å². The molecule has 54 heavy (non-hydrogen) atoms. The van der Waals surface area contributed by atoms with Gasteiger partial charge in [-0.3, -0.25) is 28.8 Å². The molecule has 2 aromatic heterocycles. The minimum Gasteiger partial charge on any atom is -0.480 e. The van der Waals surface area contributed by atoms with Crippen molar-refractivity contribution in [2.24, 2.45) is 17.4 Å². The van der Waals surface area contributed by atoms with Crippen LogP contribution in [-0.4, -0.2) is 116 Å². The molecule has 0 aliphatic heterocycles. The van der Waals surface area contributed by atoms with Gasteiger partial charge in [-0.25, -0.2) is 4.98 Å². The van der Waals surface area contributed by atoms with Crippen LogP contribution >= 0.6 is 11.8 Å². The zero-order chi connectivity index (χ0) is 39.8. The highest BCUT2D eigenvalue weighted by Crippen LogP contribution is 2.20. The van der Waals surface area contributed by atoms with E-state index < -0.39 is 72.3 Å². The number of para-hydroxylation sites is 1. The first-order valence-corrected chi connectivity index (χ1v) is 19.3. The first-order chi connectivity index (χ1) is 25.7. The second kappa shape index (κ2) is 21.7. The standard InChI is InChI=1S/C36H54N10O7S/c1-21(2)31(45-32(48)26(38)12-14-54-4)34(50)44-29(15-24-17-39-20-41-24)35(51)46(18-23-16-40-27-10-6-5-9-25(23)27)19-30(47)43-28(11-7-8-13-37)33(49)42-22(3)36(52)53/h5-6,9-10,16-17,20-22,26,28-29,31,40H,7-8,11-15,18-19,37-38H2,1-4H3,(H,39,41)(H,42,49)(H,43,47)(H,44,50)(H,45,48)(H,52,53)/t22-,26-,28-,29-,31-/m0/s1. The molecule has 11 N–H and O–H groups in total. The van der Waals surface area contributed by atoms with E-state index in [1.807, 2.05) is 30.5 Å². The van der Waals surface area contributed by atoms with Crippen LogP contribution in [0.3, 0.4) is 0 Å². The van der Waals surface area contributed by atoms with Gasteiger partial charge in [0.2, 0.25) is 29.5 Å². The summed E-state index contributed by atoms with van der Waals surface area (Å²) >= 11 is 1.55. The number of thioether (sulfide) groups is 1. The number of H-pyrrole nitrogens is 2. The van der Waals surface area contributed by atoms with Crippen LogP contribution in [0.15, 0.2) is 43.0 Å². The average Bonchev–Trinajstić information content (AvgIpc) is 3.81. The quantitative estimate of drug-likeness (QED) is 0.0595. The number of unbranched alkanes of at least 4 members (excludes halogenated alkanes) is 1. The number of nitrogens with one attached hydrogen (secondary N) is 6. The van der Waals surface area contributed by atoms with Gasteiger partial charge in [-0.05, 0) is 68.7 Å². The van der Waals surface area contributed by atoms with E-state index in [1.54, 1.807) is 31.8 Å². The van der Waals surface area contributed by atoms with Crippen molar-refractivity contribution in [1.29, 1.82) is 0 Å². The van der Waals surface area contributed by atoms with Crippen LogP contribution in [0.5, 0.6) is 0 Å². The maximum Gasteiger partial charge on any atom is 0.325 e. The van der Waals surface area contributed by atoms with Crippen LogP contribution in [0.25, 0.3) is 10.9 Å². The largest absolute Gasteiger partial charge is 0.480 e. The number of nitrogens with two attached hydrogens (primary N) is 2. The van der Waals surface area contributed by atoms with Crippen LogP contribution in [0.1, 0.15) is 57.7 Å². The summed E-state index contributed by atoms with van der Waals surface area (Å²) in [6.45, 7) is 4.61. The lowest BCUT2D eigenvalue weighted by molar-refractivity contribution is -0.142. The molecule has 0 bridgehead atoms. The Morgan fingerprint density at radius 2 is 1.67 bits per heavy atom. The number of carboxylic acid groups (broad SMARTS) is 1. The number of aromatic amines is 2. The lowest BCUT2D eigenvalue weighted by atomic mass is 10.0. The number of rotatable bonds is 23. The number of carbonyl (C=O) groups excluding carboxylic acids is 5. The monoisotopic (exact) mass is 770 g/mol. The Bertz CT molecular complexity index is 1700. The molecule has 3 rings (SSSR count). The molecular weight excluding hydrogens is 717 g/mol. The number of carboxylic acids is 1. The second-order valence-corrected chi connectivity index (χ2v) is 14.5. The number of amides is 5. The Hall–Kier alpha value is -4.94. The van der Waals surface area contributed by atoms with E-state index in [0.717, 1.165) is 10.9 Å². The van der Waals surface area contributed by atoms with Crippen molar-refractivity contribution >= 4 is 58.2 Å². The maximum absolute atomic E-state index is 14.6. The summed E-state index contributed by atoms with van der Waals surface area (Å²) in [5.74, 6) is -4.05. The summed E-state index contributed by atoms with van der Waals surface area (Å²) < 4.78 is 0. The number of fused-ring (bicyclic) bond motifs is 1. The first-order valence-electron chi connectivity index (χ1n) is 17.9. The zero-order valence-electron chi connectivity index (χ0n) is 31.2. The van der Waals surface area contributed by atoms with E-state index in [-0.39, 0.29) is 25.3 Å². The minimum absolute atomic E-state index is 0.0280. The highest BCUT2D eigenvalue weighted by Gasteiger charge is 2.34. The van der Waals surface area contributed by atoms with Crippen molar-refractivity contribution in [2.75, 3.05) is 25.1 Å². The summed E-state index contributed by atoms with van der Waals surface area (Å²) in [7, 11) is 0. The second-order valence-electron chi connectivity index (χ2n) is 13.5. The minimum atomic E-state index is -1.24. The Balaban J connectivity index is 1.95. The molecule has 0 saturated carbocycles. The van der Waals surface area contributed by atoms with E-state index in [1.165, 1.54) is 24.3 Å². The van der Waals surface area contributed by atoms with E-state index in [0.29, 0.717) is 42.8 Å². The Morgan fingerprint density at radius 3 is 2.31 bits per heavy atom. The fourth-order valence-corrected chi connectivity index (χ4v) is 6.19. The van der Waals surface area contributed by atoms with Gasteiger partial charge in [0.25, 0.3) is 0 Å². The molecule has 0 aliphatic carbocycles. The molecule has 5 atom stereocenters. The number of nitrogens with zero attached hydrogens (tertiary/aromatic N) is 2. The Morgan fingerprint density at radius 1 is 0.926 bits per heavy atom. The van der Waals surface area contributed by atoms with Crippen molar-refractivity contribution < 1.29 is 33.9 Å². The van der Waals surface area contributed by atoms with Crippen molar-refractivity contribution in [3.05, 3.63) is 54.2 Å². The fraction of sp³-hybridized carbons (Fsp3) is 0.528. The third-order valence-corrected chi connectivity index (χ3v) is 9.46.